The van der Waals surface area contributed by atoms with E-state index in [4.69, 9.17) is 0 Å². The summed E-state index contributed by atoms with van der Waals surface area (Å²) in [5, 5.41) is 2.83. The Bertz CT molecular complexity index is 422. The van der Waals surface area contributed by atoms with Crippen LogP contribution in [0.4, 0.5) is 4.39 Å². The van der Waals surface area contributed by atoms with Crippen LogP contribution in [0.5, 0.6) is 0 Å². The average Bonchev–Trinajstić information content (AvgIpc) is 2.42. The van der Waals surface area contributed by atoms with Gasteiger partial charge in [0, 0.05) is 17.0 Å². The maximum Gasteiger partial charge on any atom is 0.251 e. The molecule has 0 unspecified atom stereocenters. The fourth-order valence-electron chi connectivity index (χ4n) is 1.80. The van der Waals surface area contributed by atoms with Crippen molar-refractivity contribution in [2.45, 2.75) is 25.2 Å². The first-order chi connectivity index (χ1) is 9.08. The van der Waals surface area contributed by atoms with E-state index in [9.17, 15) is 9.18 Å². The number of hydrogen-bond acceptors (Lipinski definition) is 3. The van der Waals surface area contributed by atoms with E-state index in [0.717, 1.165) is 26.1 Å². The number of thiol groups is 1. The highest BCUT2D eigenvalue weighted by atomic mass is 32.1. The molecule has 0 aliphatic rings. The zero-order valence-corrected chi connectivity index (χ0v) is 12.3. The van der Waals surface area contributed by atoms with Crippen LogP contribution in [0.2, 0.25) is 0 Å². The molecule has 1 aromatic carbocycles. The molecule has 3 nitrogen and oxygen atoms in total. The summed E-state index contributed by atoms with van der Waals surface area (Å²) in [6.07, 6.45) is 0.905. The molecule has 19 heavy (non-hydrogen) atoms. The number of amides is 1. The van der Waals surface area contributed by atoms with E-state index in [2.05, 4.69) is 36.7 Å². The minimum atomic E-state index is -0.415. The van der Waals surface area contributed by atoms with Crippen molar-refractivity contribution < 1.29 is 9.18 Å². The Balaban J connectivity index is 2.37. The molecular formula is C14H21FN2OS. The van der Waals surface area contributed by atoms with Gasteiger partial charge in [-0.1, -0.05) is 13.8 Å². The molecule has 1 N–H and O–H groups in total. The number of benzene rings is 1. The molecule has 0 radical (unpaired) electrons. The van der Waals surface area contributed by atoms with Gasteiger partial charge >= 0.3 is 0 Å². The van der Waals surface area contributed by atoms with Crippen molar-refractivity contribution in [2.75, 3.05) is 26.2 Å². The molecule has 0 aromatic heterocycles. The predicted octanol–water partition coefficient (Wildman–Crippen LogP) is 2.58. The minimum absolute atomic E-state index is 0.185. The van der Waals surface area contributed by atoms with Crippen LogP contribution in [0, 0.1) is 5.82 Å². The van der Waals surface area contributed by atoms with Gasteiger partial charge in [-0.2, -0.15) is 0 Å². The number of nitrogens with zero attached hydrogens (tertiary/aromatic N) is 1. The fourth-order valence-corrected chi connectivity index (χ4v) is 2.01. The zero-order chi connectivity index (χ0) is 14.3. The molecule has 0 spiro atoms. The predicted molar refractivity (Wildman–Crippen MR) is 78.4 cm³/mol. The van der Waals surface area contributed by atoms with Gasteiger partial charge in [0.05, 0.1) is 0 Å². The lowest BCUT2D eigenvalue weighted by molar-refractivity contribution is 0.0951. The van der Waals surface area contributed by atoms with Crippen molar-refractivity contribution in [1.82, 2.24) is 10.2 Å². The highest BCUT2D eigenvalue weighted by Gasteiger charge is 2.07. The van der Waals surface area contributed by atoms with Crippen LogP contribution in [-0.4, -0.2) is 37.0 Å². The van der Waals surface area contributed by atoms with Crippen LogP contribution >= 0.6 is 12.6 Å². The van der Waals surface area contributed by atoms with Gasteiger partial charge in [0.2, 0.25) is 0 Å². The fraction of sp³-hybridized carbons (Fsp3) is 0.500. The summed E-state index contributed by atoms with van der Waals surface area (Å²) in [7, 11) is 0. The monoisotopic (exact) mass is 284 g/mol. The third-order valence-corrected chi connectivity index (χ3v) is 3.38. The van der Waals surface area contributed by atoms with Crippen LogP contribution < -0.4 is 5.32 Å². The average molecular weight is 284 g/mol. The van der Waals surface area contributed by atoms with Crippen LogP contribution in [0.3, 0.4) is 0 Å². The molecule has 0 aliphatic heterocycles. The molecular weight excluding hydrogens is 263 g/mol. The number of carbonyl (C=O) groups is 1. The molecule has 0 saturated heterocycles. The van der Waals surface area contributed by atoms with E-state index in [0.29, 0.717) is 12.1 Å². The SMILES string of the molecule is CCN(CC)CCCNC(=O)c1ccc(F)c(S)c1. The number of halogens is 1. The van der Waals surface area contributed by atoms with E-state index in [1.165, 1.54) is 18.2 Å². The van der Waals surface area contributed by atoms with Gasteiger partial charge in [0.15, 0.2) is 0 Å². The third-order valence-electron chi connectivity index (χ3n) is 3.04. The number of hydrogen-bond donors (Lipinski definition) is 2. The molecule has 0 atom stereocenters. The van der Waals surface area contributed by atoms with Crippen molar-refractivity contribution in [2.24, 2.45) is 0 Å². The third kappa shape index (κ3) is 5.20. The van der Waals surface area contributed by atoms with E-state index in [1.54, 1.807) is 0 Å². The molecule has 0 heterocycles. The van der Waals surface area contributed by atoms with E-state index in [1.807, 2.05) is 0 Å². The molecule has 1 amide bonds. The summed E-state index contributed by atoms with van der Waals surface area (Å²) in [6.45, 7) is 7.86. The lowest BCUT2D eigenvalue weighted by Gasteiger charge is -2.17. The Morgan fingerprint density at radius 3 is 2.63 bits per heavy atom. The van der Waals surface area contributed by atoms with Gasteiger partial charge in [-0.05, 0) is 44.3 Å². The second-order valence-electron chi connectivity index (χ2n) is 4.30. The lowest BCUT2D eigenvalue weighted by Crippen LogP contribution is -2.29. The smallest absolute Gasteiger partial charge is 0.251 e. The van der Waals surface area contributed by atoms with Crippen molar-refractivity contribution >= 4 is 18.5 Å². The number of carbonyl (C=O) groups excluding carboxylic acids is 1. The van der Waals surface area contributed by atoms with Crippen LogP contribution in [0.1, 0.15) is 30.6 Å². The molecule has 1 aromatic rings. The van der Waals surface area contributed by atoms with Crippen LogP contribution in [0.25, 0.3) is 0 Å². The molecule has 0 bridgehead atoms. The zero-order valence-electron chi connectivity index (χ0n) is 11.4. The number of rotatable bonds is 7. The molecule has 1 rings (SSSR count). The first-order valence-electron chi connectivity index (χ1n) is 6.57. The highest BCUT2D eigenvalue weighted by Crippen LogP contribution is 2.14. The van der Waals surface area contributed by atoms with E-state index >= 15 is 0 Å². The first-order valence-corrected chi connectivity index (χ1v) is 7.02. The summed E-state index contributed by atoms with van der Waals surface area (Å²) in [5.74, 6) is -0.601. The van der Waals surface area contributed by atoms with Gasteiger partial charge < -0.3 is 10.2 Å². The van der Waals surface area contributed by atoms with Crippen molar-refractivity contribution in [3.05, 3.63) is 29.6 Å². The maximum absolute atomic E-state index is 13.0. The van der Waals surface area contributed by atoms with Crippen LogP contribution in [0.15, 0.2) is 23.1 Å². The largest absolute Gasteiger partial charge is 0.352 e. The molecule has 0 aliphatic carbocycles. The van der Waals surface area contributed by atoms with Crippen molar-refractivity contribution in [1.29, 1.82) is 0 Å². The van der Waals surface area contributed by atoms with Crippen LogP contribution in [-0.2, 0) is 0 Å². The van der Waals surface area contributed by atoms with Gasteiger partial charge in [-0.25, -0.2) is 4.39 Å². The molecule has 0 fully saturated rings. The standard InChI is InChI=1S/C14H21FN2OS/c1-3-17(4-2)9-5-8-16-14(18)11-6-7-12(15)13(19)10-11/h6-7,10,19H,3-5,8-9H2,1-2H3,(H,16,18). The Labute approximate surface area is 119 Å². The molecule has 5 heteroatoms. The summed E-state index contributed by atoms with van der Waals surface area (Å²) in [4.78, 5) is 14.3. The minimum Gasteiger partial charge on any atom is -0.352 e. The highest BCUT2D eigenvalue weighted by molar-refractivity contribution is 7.80. The second-order valence-corrected chi connectivity index (χ2v) is 4.78. The summed E-state index contributed by atoms with van der Waals surface area (Å²) < 4.78 is 13.0. The van der Waals surface area contributed by atoms with E-state index in [-0.39, 0.29) is 10.8 Å². The normalized spacial score (nSPS) is 10.8. The van der Waals surface area contributed by atoms with Gasteiger partial charge in [-0.15, -0.1) is 12.6 Å². The van der Waals surface area contributed by atoms with Crippen molar-refractivity contribution in [3.63, 3.8) is 0 Å². The Hall–Kier alpha value is -1.07. The quantitative estimate of drug-likeness (QED) is 0.596. The lowest BCUT2D eigenvalue weighted by atomic mass is 10.2. The Morgan fingerprint density at radius 1 is 1.37 bits per heavy atom. The second kappa shape index (κ2) is 8.17. The Kier molecular flexibility index (Phi) is 6.87. The molecule has 106 valence electrons. The van der Waals surface area contributed by atoms with E-state index < -0.39 is 5.82 Å². The Morgan fingerprint density at radius 2 is 2.05 bits per heavy atom. The topological polar surface area (TPSA) is 32.3 Å². The van der Waals surface area contributed by atoms with Gasteiger partial charge in [0.1, 0.15) is 5.82 Å². The summed E-state index contributed by atoms with van der Waals surface area (Å²) in [5.41, 5.74) is 0.439. The molecule has 0 saturated carbocycles. The first kappa shape index (κ1) is 16.0. The maximum atomic E-state index is 13.0. The number of nitrogens with one attached hydrogen (secondary N) is 1. The summed E-state index contributed by atoms with van der Waals surface area (Å²) >= 11 is 3.96. The van der Waals surface area contributed by atoms with Crippen molar-refractivity contribution in [3.8, 4) is 0 Å². The van der Waals surface area contributed by atoms with Gasteiger partial charge in [0.25, 0.3) is 5.91 Å². The summed E-state index contributed by atoms with van der Waals surface area (Å²) in [6, 6.07) is 4.17. The van der Waals surface area contributed by atoms with Gasteiger partial charge in [-0.3, -0.25) is 4.79 Å².